The van der Waals surface area contributed by atoms with E-state index < -0.39 is 0 Å². The molecule has 0 heterocycles. The van der Waals surface area contributed by atoms with Gasteiger partial charge < -0.3 is 0 Å². The molecule has 2 unspecified atom stereocenters. The number of ketones is 1. The summed E-state index contributed by atoms with van der Waals surface area (Å²) in [6.45, 7) is 3.71. The fourth-order valence-electron chi connectivity index (χ4n) is 2.42. The largest absolute Gasteiger partial charge is 0.299 e. The molecule has 0 aromatic heterocycles. The molecule has 1 nitrogen and oxygen atoms in total. The molecular formula is C10H14O. The molecule has 0 amide bonds. The zero-order chi connectivity index (χ0) is 7.90. The lowest BCUT2D eigenvalue weighted by Crippen LogP contribution is -1.97. The third-order valence-electron chi connectivity index (χ3n) is 3.29. The van der Waals surface area contributed by atoms with Crippen LogP contribution in [0, 0.1) is 11.3 Å². The molecule has 2 saturated carbocycles. The molecule has 0 aromatic carbocycles. The molecule has 2 atom stereocenters. The van der Waals surface area contributed by atoms with Crippen molar-refractivity contribution >= 4 is 5.78 Å². The zero-order valence-electron chi connectivity index (χ0n) is 6.81. The van der Waals surface area contributed by atoms with Gasteiger partial charge in [0.15, 0.2) is 0 Å². The number of hydrogen-bond donors (Lipinski definition) is 0. The maximum atomic E-state index is 11.2. The number of hydrogen-bond acceptors (Lipinski definition) is 1. The maximum absolute atomic E-state index is 11.2. The first kappa shape index (κ1) is 7.08. The summed E-state index contributed by atoms with van der Waals surface area (Å²) in [5.74, 6) is 0.983. The maximum Gasteiger partial charge on any atom is 0.136 e. The van der Waals surface area contributed by atoms with Gasteiger partial charge in [0.1, 0.15) is 5.78 Å². The SMILES string of the molecule is C=CCCC12CCC(=O)C1C2. The van der Waals surface area contributed by atoms with Crippen molar-refractivity contribution in [3.8, 4) is 0 Å². The summed E-state index contributed by atoms with van der Waals surface area (Å²) in [7, 11) is 0. The first-order valence-corrected chi connectivity index (χ1v) is 4.42. The van der Waals surface area contributed by atoms with E-state index in [1.807, 2.05) is 6.08 Å². The number of fused-ring (bicyclic) bond motifs is 1. The Hall–Kier alpha value is -0.590. The normalized spacial score (nSPS) is 40.4. The molecule has 0 aromatic rings. The van der Waals surface area contributed by atoms with Gasteiger partial charge >= 0.3 is 0 Å². The Bertz CT molecular complexity index is 207. The summed E-state index contributed by atoms with van der Waals surface area (Å²) in [5.41, 5.74) is 0.464. The lowest BCUT2D eigenvalue weighted by Gasteiger charge is -2.07. The second-order valence-corrected chi connectivity index (χ2v) is 3.91. The third kappa shape index (κ3) is 0.943. The molecule has 2 aliphatic carbocycles. The van der Waals surface area contributed by atoms with Gasteiger partial charge in [0.25, 0.3) is 0 Å². The summed E-state index contributed by atoms with van der Waals surface area (Å²) >= 11 is 0. The summed E-state index contributed by atoms with van der Waals surface area (Å²) in [6, 6.07) is 0. The van der Waals surface area contributed by atoms with Crippen LogP contribution in [-0.2, 0) is 4.79 Å². The van der Waals surface area contributed by atoms with Gasteiger partial charge in [-0.3, -0.25) is 4.79 Å². The van der Waals surface area contributed by atoms with Gasteiger partial charge in [-0.05, 0) is 31.1 Å². The van der Waals surface area contributed by atoms with Crippen LogP contribution in [0.5, 0.6) is 0 Å². The number of rotatable bonds is 3. The molecule has 0 spiro atoms. The highest BCUT2D eigenvalue weighted by Gasteiger charge is 2.60. The van der Waals surface area contributed by atoms with Crippen molar-refractivity contribution in [2.45, 2.75) is 32.1 Å². The van der Waals surface area contributed by atoms with Crippen LogP contribution in [0.2, 0.25) is 0 Å². The first-order valence-electron chi connectivity index (χ1n) is 4.42. The smallest absolute Gasteiger partial charge is 0.136 e. The summed E-state index contributed by atoms with van der Waals surface area (Å²) in [6.07, 6.45) is 7.44. The second-order valence-electron chi connectivity index (χ2n) is 3.91. The summed E-state index contributed by atoms with van der Waals surface area (Å²) < 4.78 is 0. The predicted molar refractivity (Wildman–Crippen MR) is 44.2 cm³/mol. The van der Waals surface area contributed by atoms with Crippen molar-refractivity contribution in [2.75, 3.05) is 0 Å². The van der Waals surface area contributed by atoms with Gasteiger partial charge in [-0.2, -0.15) is 0 Å². The zero-order valence-corrected chi connectivity index (χ0v) is 6.81. The molecule has 1 heteroatoms. The van der Waals surface area contributed by atoms with Crippen molar-refractivity contribution in [1.29, 1.82) is 0 Å². The number of carbonyl (C=O) groups excluding carboxylic acids is 1. The quantitative estimate of drug-likeness (QED) is 0.564. The van der Waals surface area contributed by atoms with E-state index in [4.69, 9.17) is 0 Å². The summed E-state index contributed by atoms with van der Waals surface area (Å²) in [5, 5.41) is 0. The fraction of sp³-hybridized carbons (Fsp3) is 0.700. The minimum absolute atomic E-state index is 0.461. The molecule has 2 aliphatic rings. The topological polar surface area (TPSA) is 17.1 Å². The molecule has 0 bridgehead atoms. The average Bonchev–Trinajstić information content (AvgIpc) is 2.66. The Morgan fingerprint density at radius 3 is 3.00 bits per heavy atom. The first-order chi connectivity index (χ1) is 5.28. The Labute approximate surface area is 67.5 Å². The van der Waals surface area contributed by atoms with Gasteiger partial charge in [0.05, 0.1) is 0 Å². The van der Waals surface area contributed by atoms with E-state index in [0.717, 1.165) is 19.3 Å². The van der Waals surface area contributed by atoms with E-state index in [9.17, 15) is 4.79 Å². The van der Waals surface area contributed by atoms with E-state index in [1.165, 1.54) is 12.8 Å². The van der Waals surface area contributed by atoms with Gasteiger partial charge in [-0.15, -0.1) is 6.58 Å². The minimum Gasteiger partial charge on any atom is -0.299 e. The average molecular weight is 150 g/mol. The van der Waals surface area contributed by atoms with Crippen molar-refractivity contribution < 1.29 is 4.79 Å². The highest BCUT2D eigenvalue weighted by molar-refractivity contribution is 5.87. The molecule has 0 saturated heterocycles. The van der Waals surface area contributed by atoms with Gasteiger partial charge in [-0.1, -0.05) is 6.08 Å². The molecule has 0 N–H and O–H groups in total. The predicted octanol–water partition coefficient (Wildman–Crippen LogP) is 2.32. The van der Waals surface area contributed by atoms with Crippen LogP contribution in [0.25, 0.3) is 0 Å². The third-order valence-corrected chi connectivity index (χ3v) is 3.29. The summed E-state index contributed by atoms with van der Waals surface area (Å²) in [4.78, 5) is 11.2. The second kappa shape index (κ2) is 2.20. The molecule has 2 rings (SSSR count). The lowest BCUT2D eigenvalue weighted by molar-refractivity contribution is -0.119. The molecule has 0 aliphatic heterocycles. The Kier molecular flexibility index (Phi) is 1.41. The number of carbonyl (C=O) groups is 1. The number of Topliss-reactive ketones (excluding diaryl/α,β-unsaturated/α-hetero) is 1. The Balaban J connectivity index is 1.95. The van der Waals surface area contributed by atoms with Crippen LogP contribution in [0.4, 0.5) is 0 Å². The van der Waals surface area contributed by atoms with Crippen LogP contribution >= 0.6 is 0 Å². The van der Waals surface area contributed by atoms with Gasteiger partial charge in [0, 0.05) is 12.3 Å². The van der Waals surface area contributed by atoms with E-state index in [-0.39, 0.29) is 0 Å². The monoisotopic (exact) mass is 150 g/mol. The van der Waals surface area contributed by atoms with E-state index in [2.05, 4.69) is 6.58 Å². The van der Waals surface area contributed by atoms with Crippen LogP contribution < -0.4 is 0 Å². The van der Waals surface area contributed by atoms with Crippen molar-refractivity contribution in [2.24, 2.45) is 11.3 Å². The Morgan fingerprint density at radius 1 is 1.73 bits per heavy atom. The molecule has 60 valence electrons. The van der Waals surface area contributed by atoms with Crippen LogP contribution in [0.3, 0.4) is 0 Å². The van der Waals surface area contributed by atoms with E-state index in [0.29, 0.717) is 17.1 Å². The highest BCUT2D eigenvalue weighted by atomic mass is 16.1. The van der Waals surface area contributed by atoms with E-state index in [1.54, 1.807) is 0 Å². The van der Waals surface area contributed by atoms with Crippen LogP contribution in [0.15, 0.2) is 12.7 Å². The number of allylic oxidation sites excluding steroid dienone is 1. The van der Waals surface area contributed by atoms with Gasteiger partial charge in [-0.25, -0.2) is 0 Å². The lowest BCUT2D eigenvalue weighted by atomic mass is 9.97. The van der Waals surface area contributed by atoms with E-state index >= 15 is 0 Å². The molecule has 0 radical (unpaired) electrons. The van der Waals surface area contributed by atoms with Crippen molar-refractivity contribution in [3.05, 3.63) is 12.7 Å². The molecular weight excluding hydrogens is 136 g/mol. The highest BCUT2D eigenvalue weighted by Crippen LogP contribution is 2.64. The van der Waals surface area contributed by atoms with Crippen LogP contribution in [-0.4, -0.2) is 5.78 Å². The van der Waals surface area contributed by atoms with Crippen molar-refractivity contribution in [1.82, 2.24) is 0 Å². The van der Waals surface area contributed by atoms with Crippen LogP contribution in [0.1, 0.15) is 32.1 Å². The minimum atomic E-state index is 0.461. The molecule has 11 heavy (non-hydrogen) atoms. The standard InChI is InChI=1S/C10H14O/c1-2-3-5-10-6-4-9(11)8(10)7-10/h2,8H,1,3-7H2. The van der Waals surface area contributed by atoms with Gasteiger partial charge in [0.2, 0.25) is 0 Å². The Morgan fingerprint density at radius 2 is 2.55 bits per heavy atom. The van der Waals surface area contributed by atoms with Crippen molar-refractivity contribution in [3.63, 3.8) is 0 Å². The fourth-order valence-corrected chi connectivity index (χ4v) is 2.42. The molecule has 2 fully saturated rings.